The number of halogens is 2. The second-order valence-electron chi connectivity index (χ2n) is 4.55. The third-order valence-corrected chi connectivity index (χ3v) is 3.91. The van der Waals surface area contributed by atoms with Gasteiger partial charge in [-0.25, -0.2) is 0 Å². The highest BCUT2D eigenvalue weighted by atomic mass is 127. The number of rotatable bonds is 5. The van der Waals surface area contributed by atoms with E-state index in [9.17, 15) is 0 Å². The molecule has 0 unspecified atom stereocenters. The standard InChI is InChI=1S/C13H20BrN3S.HI/c1-4-16-12(15)17-9-13(2,3)18-11-7-5-10(14)6-8-11;/h5-8H,4,9H2,1-3H3,(H3,15,16,17);1H. The lowest BCUT2D eigenvalue weighted by Gasteiger charge is -2.22. The Morgan fingerprint density at radius 1 is 1.37 bits per heavy atom. The topological polar surface area (TPSA) is 50.4 Å². The third-order valence-electron chi connectivity index (χ3n) is 2.20. The lowest BCUT2D eigenvalue weighted by Crippen LogP contribution is -2.33. The minimum Gasteiger partial charge on any atom is -0.370 e. The van der Waals surface area contributed by atoms with Crippen LogP contribution in [0.2, 0.25) is 0 Å². The molecular weight excluding hydrogens is 437 g/mol. The number of thioether (sulfide) groups is 1. The Morgan fingerprint density at radius 2 is 1.95 bits per heavy atom. The van der Waals surface area contributed by atoms with Crippen molar-refractivity contribution in [3.8, 4) is 0 Å². The summed E-state index contributed by atoms with van der Waals surface area (Å²) in [6.45, 7) is 7.83. The molecule has 0 radical (unpaired) electrons. The van der Waals surface area contributed by atoms with Gasteiger partial charge in [0.2, 0.25) is 0 Å². The molecule has 0 saturated carbocycles. The summed E-state index contributed by atoms with van der Waals surface area (Å²) in [6, 6.07) is 8.31. The molecule has 0 bridgehead atoms. The molecule has 0 aliphatic carbocycles. The van der Waals surface area contributed by atoms with Gasteiger partial charge in [0.15, 0.2) is 5.96 Å². The molecular formula is C13H21BrIN3S. The van der Waals surface area contributed by atoms with Gasteiger partial charge in [-0.3, -0.25) is 4.99 Å². The predicted molar refractivity (Wildman–Crippen MR) is 99.7 cm³/mol. The van der Waals surface area contributed by atoms with Crippen molar-refractivity contribution in [2.24, 2.45) is 10.7 Å². The number of hydrogen-bond donors (Lipinski definition) is 2. The molecule has 0 aliphatic heterocycles. The molecule has 0 heterocycles. The van der Waals surface area contributed by atoms with Crippen molar-refractivity contribution in [3.05, 3.63) is 28.7 Å². The van der Waals surface area contributed by atoms with E-state index in [1.807, 2.05) is 6.92 Å². The molecule has 0 aromatic heterocycles. The van der Waals surface area contributed by atoms with Gasteiger partial charge in [-0.05, 0) is 45.0 Å². The zero-order chi connectivity index (χ0) is 13.6. The number of hydrogen-bond acceptors (Lipinski definition) is 2. The summed E-state index contributed by atoms with van der Waals surface area (Å²) in [4.78, 5) is 5.59. The average Bonchev–Trinajstić information content (AvgIpc) is 2.30. The number of benzene rings is 1. The summed E-state index contributed by atoms with van der Waals surface area (Å²) in [5.74, 6) is 0.516. The van der Waals surface area contributed by atoms with Crippen molar-refractivity contribution < 1.29 is 0 Å². The molecule has 3 N–H and O–H groups in total. The highest BCUT2D eigenvalue weighted by Gasteiger charge is 2.19. The summed E-state index contributed by atoms with van der Waals surface area (Å²) >= 11 is 5.24. The van der Waals surface area contributed by atoms with Crippen molar-refractivity contribution in [2.75, 3.05) is 13.1 Å². The van der Waals surface area contributed by atoms with Gasteiger partial charge in [0.1, 0.15) is 0 Å². The van der Waals surface area contributed by atoms with E-state index in [4.69, 9.17) is 5.73 Å². The summed E-state index contributed by atoms with van der Waals surface area (Å²) in [7, 11) is 0. The Bertz CT molecular complexity index is 407. The molecule has 108 valence electrons. The Morgan fingerprint density at radius 3 is 2.47 bits per heavy atom. The Balaban J connectivity index is 0.00000324. The van der Waals surface area contributed by atoms with Crippen LogP contribution in [0.1, 0.15) is 20.8 Å². The Kier molecular flexibility index (Phi) is 9.10. The van der Waals surface area contributed by atoms with Gasteiger partial charge in [-0.15, -0.1) is 35.7 Å². The fourth-order valence-corrected chi connectivity index (χ4v) is 2.67. The van der Waals surface area contributed by atoms with Crippen LogP contribution < -0.4 is 11.1 Å². The Hall–Kier alpha value is 0.0500. The second-order valence-corrected chi connectivity index (χ2v) is 7.24. The molecule has 1 aromatic carbocycles. The predicted octanol–water partition coefficient (Wildman–Crippen LogP) is 3.86. The van der Waals surface area contributed by atoms with Gasteiger partial charge in [-0.2, -0.15) is 0 Å². The van der Waals surface area contributed by atoms with Crippen molar-refractivity contribution in [3.63, 3.8) is 0 Å². The van der Waals surface area contributed by atoms with E-state index in [1.54, 1.807) is 11.8 Å². The maximum atomic E-state index is 5.73. The molecule has 0 atom stereocenters. The van der Waals surface area contributed by atoms with Gasteiger partial charge >= 0.3 is 0 Å². The van der Waals surface area contributed by atoms with E-state index in [0.717, 1.165) is 11.0 Å². The van der Waals surface area contributed by atoms with Crippen molar-refractivity contribution in [1.82, 2.24) is 5.32 Å². The first-order chi connectivity index (χ1) is 8.43. The summed E-state index contributed by atoms with van der Waals surface area (Å²) in [6.07, 6.45) is 0. The summed E-state index contributed by atoms with van der Waals surface area (Å²) in [5.41, 5.74) is 5.73. The fraction of sp³-hybridized carbons (Fsp3) is 0.462. The van der Waals surface area contributed by atoms with Crippen molar-refractivity contribution >= 4 is 57.6 Å². The zero-order valence-electron chi connectivity index (χ0n) is 11.4. The third kappa shape index (κ3) is 8.04. The first-order valence-corrected chi connectivity index (χ1v) is 7.52. The van der Waals surface area contributed by atoms with Crippen LogP contribution in [0.25, 0.3) is 0 Å². The maximum absolute atomic E-state index is 5.73. The second kappa shape index (κ2) is 9.07. The van der Waals surface area contributed by atoms with Crippen LogP contribution in [-0.2, 0) is 0 Å². The van der Waals surface area contributed by atoms with Gasteiger partial charge in [-0.1, -0.05) is 15.9 Å². The maximum Gasteiger partial charge on any atom is 0.188 e. The molecule has 1 aromatic rings. The minimum absolute atomic E-state index is 0. The summed E-state index contributed by atoms with van der Waals surface area (Å²) < 4.78 is 1.12. The molecule has 19 heavy (non-hydrogen) atoms. The van der Waals surface area contributed by atoms with Gasteiger partial charge < -0.3 is 11.1 Å². The molecule has 6 heteroatoms. The monoisotopic (exact) mass is 457 g/mol. The first-order valence-electron chi connectivity index (χ1n) is 5.91. The van der Waals surface area contributed by atoms with E-state index in [0.29, 0.717) is 12.5 Å². The van der Waals surface area contributed by atoms with E-state index >= 15 is 0 Å². The van der Waals surface area contributed by atoms with Crippen LogP contribution >= 0.6 is 51.7 Å². The van der Waals surface area contributed by atoms with Gasteiger partial charge in [0.25, 0.3) is 0 Å². The van der Waals surface area contributed by atoms with E-state index in [1.165, 1.54) is 4.90 Å². The van der Waals surface area contributed by atoms with Crippen LogP contribution in [0, 0.1) is 0 Å². The fourth-order valence-electron chi connectivity index (χ4n) is 1.37. The number of nitrogens with two attached hydrogens (primary N) is 1. The minimum atomic E-state index is 0. The van der Waals surface area contributed by atoms with Gasteiger partial charge in [0.05, 0.1) is 6.54 Å². The number of guanidine groups is 1. The van der Waals surface area contributed by atoms with Crippen LogP contribution in [0.3, 0.4) is 0 Å². The quantitative estimate of drug-likeness (QED) is 0.305. The first kappa shape index (κ1) is 19.1. The lowest BCUT2D eigenvalue weighted by atomic mass is 10.2. The van der Waals surface area contributed by atoms with Crippen LogP contribution in [-0.4, -0.2) is 23.8 Å². The molecule has 0 amide bonds. The highest BCUT2D eigenvalue weighted by molar-refractivity contribution is 14.0. The number of nitrogens with zero attached hydrogens (tertiary/aromatic N) is 1. The lowest BCUT2D eigenvalue weighted by molar-refractivity contribution is 0.718. The molecule has 1 rings (SSSR count). The molecule has 0 spiro atoms. The zero-order valence-corrected chi connectivity index (χ0v) is 16.2. The molecule has 3 nitrogen and oxygen atoms in total. The molecule has 0 saturated heterocycles. The van der Waals surface area contributed by atoms with E-state index in [-0.39, 0.29) is 28.7 Å². The van der Waals surface area contributed by atoms with E-state index < -0.39 is 0 Å². The number of aliphatic imine (C=N–C) groups is 1. The van der Waals surface area contributed by atoms with Crippen LogP contribution in [0.5, 0.6) is 0 Å². The normalized spacial score (nSPS) is 11.9. The summed E-state index contributed by atoms with van der Waals surface area (Å²) in [5, 5.41) is 3.00. The van der Waals surface area contributed by atoms with Crippen molar-refractivity contribution in [1.29, 1.82) is 0 Å². The Labute approximate surface area is 145 Å². The van der Waals surface area contributed by atoms with E-state index in [2.05, 4.69) is 64.4 Å². The van der Waals surface area contributed by atoms with Crippen LogP contribution in [0.15, 0.2) is 38.6 Å². The van der Waals surface area contributed by atoms with Gasteiger partial charge in [0, 0.05) is 20.7 Å². The van der Waals surface area contributed by atoms with Crippen LogP contribution in [0.4, 0.5) is 0 Å². The molecule has 0 fully saturated rings. The smallest absolute Gasteiger partial charge is 0.188 e. The van der Waals surface area contributed by atoms with Crippen molar-refractivity contribution in [2.45, 2.75) is 30.4 Å². The SMILES string of the molecule is CCNC(N)=NCC(C)(C)Sc1ccc(Br)cc1.I. The molecule has 0 aliphatic rings. The largest absolute Gasteiger partial charge is 0.370 e. The highest BCUT2D eigenvalue weighted by Crippen LogP contribution is 2.33. The number of nitrogens with one attached hydrogen (secondary N) is 1. The average molecular weight is 458 g/mol.